The van der Waals surface area contributed by atoms with Gasteiger partial charge in [-0.1, -0.05) is 30.3 Å². The van der Waals surface area contributed by atoms with Gasteiger partial charge in [0.2, 0.25) is 0 Å². The molecular weight excluding hydrogens is 378 g/mol. The fourth-order valence-electron chi connectivity index (χ4n) is 1.68. The first kappa shape index (κ1) is 18.1. The molecule has 0 aliphatic carbocycles. The molecular formula is C13H8ClF4NO2S2. The molecule has 2 aromatic rings. The van der Waals surface area contributed by atoms with E-state index in [1.54, 1.807) is 30.3 Å². The lowest BCUT2D eigenvalue weighted by molar-refractivity contribution is 0.396. The van der Waals surface area contributed by atoms with Gasteiger partial charge in [-0.05, 0) is 17.5 Å². The molecule has 23 heavy (non-hydrogen) atoms. The van der Waals surface area contributed by atoms with Crippen LogP contribution in [0.2, 0.25) is 0 Å². The van der Waals surface area contributed by atoms with Crippen molar-refractivity contribution in [3.63, 3.8) is 0 Å². The largest absolute Gasteiger partial charge is 0.267 e. The average molecular weight is 386 g/mol. The average Bonchev–Trinajstić information content (AvgIpc) is 2.48. The molecule has 2 aromatic carbocycles. The van der Waals surface area contributed by atoms with E-state index in [9.17, 15) is 26.0 Å². The van der Waals surface area contributed by atoms with E-state index in [1.807, 2.05) is 0 Å². The third-order valence-electron chi connectivity index (χ3n) is 2.72. The van der Waals surface area contributed by atoms with Crippen LogP contribution in [0.4, 0.5) is 17.6 Å². The highest BCUT2D eigenvalue weighted by molar-refractivity contribution is 8.13. The van der Waals surface area contributed by atoms with Crippen molar-refractivity contribution in [1.29, 1.82) is 0 Å². The number of halogens is 5. The second-order valence-electron chi connectivity index (χ2n) is 4.26. The molecule has 0 aliphatic rings. The van der Waals surface area contributed by atoms with Gasteiger partial charge < -0.3 is 0 Å². The Hall–Kier alpha value is -1.29. The zero-order valence-electron chi connectivity index (χ0n) is 11.1. The summed E-state index contributed by atoms with van der Waals surface area (Å²) in [5.41, 5.74) is 0.765. The van der Waals surface area contributed by atoms with Crippen LogP contribution in [0.3, 0.4) is 0 Å². The number of nitrogens with one attached hydrogen (secondary N) is 1. The Balaban J connectivity index is 2.30. The zero-order chi connectivity index (χ0) is 17.2. The highest BCUT2D eigenvalue weighted by Crippen LogP contribution is 2.33. The molecule has 0 atom stereocenters. The summed E-state index contributed by atoms with van der Waals surface area (Å²) < 4.78 is 79.5. The molecule has 0 bridgehead atoms. The standard InChI is InChI=1S/C13H8ClF4NO2S2/c14-23(20,21)13-10(17)8(15)12(9(16)11(13)18)22-19-6-7-4-2-1-3-5-7/h1-5,19H,6H2. The fraction of sp³-hybridized carbons (Fsp3) is 0.0769. The van der Waals surface area contributed by atoms with Crippen LogP contribution in [0, 0.1) is 23.3 Å². The van der Waals surface area contributed by atoms with Gasteiger partial charge in [-0.3, -0.25) is 4.72 Å². The highest BCUT2D eigenvalue weighted by Gasteiger charge is 2.32. The van der Waals surface area contributed by atoms with Crippen molar-refractivity contribution >= 4 is 31.7 Å². The van der Waals surface area contributed by atoms with Crippen molar-refractivity contribution in [3.8, 4) is 0 Å². The van der Waals surface area contributed by atoms with Crippen LogP contribution in [-0.2, 0) is 15.6 Å². The second kappa shape index (κ2) is 7.08. The summed E-state index contributed by atoms with van der Waals surface area (Å²) >= 11 is 0.298. The van der Waals surface area contributed by atoms with Crippen LogP contribution in [0.1, 0.15) is 5.56 Å². The molecule has 1 N–H and O–H groups in total. The van der Waals surface area contributed by atoms with E-state index in [0.717, 1.165) is 5.56 Å². The predicted molar refractivity (Wildman–Crippen MR) is 78.5 cm³/mol. The molecule has 0 spiro atoms. The van der Waals surface area contributed by atoms with Gasteiger partial charge in [0.1, 0.15) is 4.90 Å². The summed E-state index contributed by atoms with van der Waals surface area (Å²) in [5.74, 6) is -7.81. The van der Waals surface area contributed by atoms with Gasteiger partial charge in [-0.25, -0.2) is 26.0 Å². The van der Waals surface area contributed by atoms with Gasteiger partial charge in [0.05, 0.1) is 0 Å². The zero-order valence-corrected chi connectivity index (χ0v) is 13.5. The van der Waals surface area contributed by atoms with Crippen LogP contribution >= 0.6 is 22.6 Å². The van der Waals surface area contributed by atoms with Crippen LogP contribution in [0.5, 0.6) is 0 Å². The van der Waals surface area contributed by atoms with Gasteiger partial charge in [0, 0.05) is 17.2 Å². The molecule has 0 radical (unpaired) electrons. The van der Waals surface area contributed by atoms with Gasteiger partial charge >= 0.3 is 0 Å². The van der Waals surface area contributed by atoms with E-state index in [0.29, 0.717) is 11.9 Å². The molecule has 2 rings (SSSR count). The minimum absolute atomic E-state index is 0.156. The summed E-state index contributed by atoms with van der Waals surface area (Å²) in [7, 11) is -0.191. The van der Waals surface area contributed by atoms with Crippen molar-refractivity contribution in [3.05, 3.63) is 59.2 Å². The van der Waals surface area contributed by atoms with Crippen molar-refractivity contribution in [2.45, 2.75) is 16.3 Å². The molecule has 10 heteroatoms. The third-order valence-corrected chi connectivity index (χ3v) is 4.88. The maximum atomic E-state index is 13.8. The Labute approximate surface area is 138 Å². The van der Waals surface area contributed by atoms with E-state index in [-0.39, 0.29) is 6.54 Å². The summed E-state index contributed by atoms with van der Waals surface area (Å²) in [6.07, 6.45) is 0. The quantitative estimate of drug-likeness (QED) is 0.366. The third kappa shape index (κ3) is 3.97. The number of benzene rings is 2. The SMILES string of the molecule is O=S(=O)(Cl)c1c(F)c(F)c(SNCc2ccccc2)c(F)c1F. The molecule has 0 saturated carbocycles. The van der Waals surface area contributed by atoms with Crippen molar-refractivity contribution < 1.29 is 26.0 Å². The lowest BCUT2D eigenvalue weighted by atomic mass is 10.2. The Kier molecular flexibility index (Phi) is 5.56. The molecule has 0 aliphatic heterocycles. The maximum absolute atomic E-state index is 13.8. The smallest absolute Gasteiger partial charge is 0.255 e. The Morgan fingerprint density at radius 2 is 1.48 bits per heavy atom. The van der Waals surface area contributed by atoms with Gasteiger partial charge in [-0.15, -0.1) is 0 Å². The van der Waals surface area contributed by atoms with Crippen LogP contribution < -0.4 is 4.72 Å². The summed E-state index contributed by atoms with van der Waals surface area (Å²) in [4.78, 5) is -2.87. The first-order valence-corrected chi connectivity index (χ1v) is 9.10. The lowest BCUT2D eigenvalue weighted by Gasteiger charge is -2.10. The van der Waals surface area contributed by atoms with Crippen LogP contribution in [-0.4, -0.2) is 8.42 Å². The Bertz CT molecular complexity index is 803. The molecule has 3 nitrogen and oxygen atoms in total. The summed E-state index contributed by atoms with van der Waals surface area (Å²) in [6.45, 7) is 0.156. The number of hydrogen-bond donors (Lipinski definition) is 1. The minimum atomic E-state index is -4.98. The van der Waals surface area contributed by atoms with Crippen LogP contribution in [0.15, 0.2) is 40.1 Å². The molecule has 0 unspecified atom stereocenters. The van der Waals surface area contributed by atoms with E-state index >= 15 is 0 Å². The van der Waals surface area contributed by atoms with E-state index in [4.69, 9.17) is 10.7 Å². The molecule has 0 fully saturated rings. The maximum Gasteiger partial charge on any atom is 0.267 e. The topological polar surface area (TPSA) is 46.2 Å². The van der Waals surface area contributed by atoms with E-state index < -0.39 is 42.1 Å². The Morgan fingerprint density at radius 1 is 0.957 bits per heavy atom. The first-order valence-electron chi connectivity index (χ1n) is 5.97. The fourth-order valence-corrected chi connectivity index (χ4v) is 3.44. The van der Waals surface area contributed by atoms with Gasteiger partial charge in [0.15, 0.2) is 28.2 Å². The molecule has 0 amide bonds. The number of hydrogen-bond acceptors (Lipinski definition) is 4. The van der Waals surface area contributed by atoms with Gasteiger partial charge in [0.25, 0.3) is 9.05 Å². The molecule has 0 saturated heterocycles. The minimum Gasteiger partial charge on any atom is -0.255 e. The summed E-state index contributed by atoms with van der Waals surface area (Å²) in [5, 5.41) is 0. The Morgan fingerprint density at radius 3 is 1.96 bits per heavy atom. The molecule has 0 heterocycles. The summed E-state index contributed by atoms with van der Waals surface area (Å²) in [6, 6.07) is 8.70. The van der Waals surface area contributed by atoms with Crippen molar-refractivity contribution in [2.75, 3.05) is 0 Å². The molecule has 124 valence electrons. The predicted octanol–water partition coefficient (Wildman–Crippen LogP) is 3.97. The van der Waals surface area contributed by atoms with Crippen LogP contribution in [0.25, 0.3) is 0 Å². The normalized spacial score (nSPS) is 11.7. The second-order valence-corrected chi connectivity index (χ2v) is 7.66. The van der Waals surface area contributed by atoms with Crippen molar-refractivity contribution in [2.24, 2.45) is 0 Å². The number of rotatable bonds is 5. The molecule has 0 aromatic heterocycles. The van der Waals surface area contributed by atoms with E-state index in [1.165, 1.54) is 0 Å². The monoisotopic (exact) mass is 385 g/mol. The first-order chi connectivity index (χ1) is 10.7. The van der Waals surface area contributed by atoms with Crippen molar-refractivity contribution in [1.82, 2.24) is 4.72 Å². The van der Waals surface area contributed by atoms with Gasteiger partial charge in [-0.2, -0.15) is 0 Å². The lowest BCUT2D eigenvalue weighted by Crippen LogP contribution is -2.11. The van der Waals surface area contributed by atoms with E-state index in [2.05, 4.69) is 4.72 Å². The highest BCUT2D eigenvalue weighted by atomic mass is 35.7.